The largest absolute Gasteiger partial charge is 0.508 e. The number of carbonyl (C=O) groups excluding carboxylic acids is 2. The third-order valence-electron chi connectivity index (χ3n) is 5.45. The molecule has 0 saturated carbocycles. The summed E-state index contributed by atoms with van der Waals surface area (Å²) in [5.74, 6) is -0.632. The molecule has 3 atom stereocenters. The Labute approximate surface area is 187 Å². The molecule has 2 aromatic carbocycles. The van der Waals surface area contributed by atoms with Gasteiger partial charge in [0.1, 0.15) is 11.8 Å². The van der Waals surface area contributed by atoms with Gasteiger partial charge in [0.25, 0.3) is 0 Å². The van der Waals surface area contributed by atoms with Crippen LogP contribution in [-0.4, -0.2) is 58.8 Å². The molecule has 1 aromatic heterocycles. The first-order valence-corrected chi connectivity index (χ1v) is 10.6. The smallest absolute Gasteiger partial charge is 0.245 e. The van der Waals surface area contributed by atoms with Crippen molar-refractivity contribution < 1.29 is 19.8 Å². The third kappa shape index (κ3) is 5.87. The number of likely N-dealkylation sites (N-methyl/N-ethyl adjacent to an activating group) is 1. The van der Waals surface area contributed by atoms with Crippen molar-refractivity contribution in [3.63, 3.8) is 0 Å². The first-order chi connectivity index (χ1) is 15.4. The van der Waals surface area contributed by atoms with Gasteiger partial charge >= 0.3 is 0 Å². The summed E-state index contributed by atoms with van der Waals surface area (Å²) in [6, 6.07) is 12.8. The van der Waals surface area contributed by atoms with Gasteiger partial charge in [-0.1, -0.05) is 30.3 Å². The van der Waals surface area contributed by atoms with Gasteiger partial charge in [-0.05, 0) is 56.1 Å². The minimum Gasteiger partial charge on any atom is -0.508 e. The highest BCUT2D eigenvalue weighted by Crippen LogP contribution is 2.19. The van der Waals surface area contributed by atoms with E-state index in [4.69, 9.17) is 0 Å². The van der Waals surface area contributed by atoms with Crippen LogP contribution in [0.25, 0.3) is 10.9 Å². The minimum atomic E-state index is -1.05. The highest BCUT2D eigenvalue weighted by molar-refractivity contribution is 5.91. The van der Waals surface area contributed by atoms with Crippen LogP contribution in [-0.2, 0) is 22.4 Å². The quantitative estimate of drug-likeness (QED) is 0.284. The van der Waals surface area contributed by atoms with Crippen molar-refractivity contribution in [2.45, 2.75) is 37.9 Å². The summed E-state index contributed by atoms with van der Waals surface area (Å²) >= 11 is 0. The first kappa shape index (κ1) is 23.3. The Morgan fingerprint density at radius 3 is 2.34 bits per heavy atom. The molecule has 0 radical (unpaired) electrons. The lowest BCUT2D eigenvalue weighted by Gasteiger charge is -2.22. The zero-order valence-corrected chi connectivity index (χ0v) is 18.3. The molecule has 8 heteroatoms. The number of phenols is 1. The number of benzene rings is 2. The summed E-state index contributed by atoms with van der Waals surface area (Å²) in [5.41, 5.74) is 2.93. The summed E-state index contributed by atoms with van der Waals surface area (Å²) in [7, 11) is 1.69. The van der Waals surface area contributed by atoms with Crippen LogP contribution < -0.4 is 16.0 Å². The van der Waals surface area contributed by atoms with Crippen molar-refractivity contribution in [1.82, 2.24) is 20.9 Å². The van der Waals surface area contributed by atoms with Crippen molar-refractivity contribution in [2.75, 3.05) is 13.7 Å². The Balaban J connectivity index is 1.58. The lowest BCUT2D eigenvalue weighted by Crippen LogP contribution is -2.55. The van der Waals surface area contributed by atoms with Gasteiger partial charge in [0.2, 0.25) is 11.8 Å². The molecule has 3 rings (SSSR count). The molecule has 2 amide bonds. The normalized spacial score (nSPS) is 14.0. The number of aliphatic hydroxyl groups is 1. The molecule has 0 saturated heterocycles. The van der Waals surface area contributed by atoms with E-state index in [2.05, 4.69) is 20.9 Å². The average Bonchev–Trinajstić information content (AvgIpc) is 3.19. The lowest BCUT2D eigenvalue weighted by molar-refractivity contribution is -0.131. The number of rotatable bonds is 10. The number of carbonyl (C=O) groups is 2. The zero-order valence-electron chi connectivity index (χ0n) is 18.3. The number of aliphatic hydroxyl groups excluding tert-OH is 1. The molecule has 32 heavy (non-hydrogen) atoms. The maximum atomic E-state index is 12.8. The van der Waals surface area contributed by atoms with Crippen LogP contribution in [0.1, 0.15) is 18.1 Å². The van der Waals surface area contributed by atoms with Crippen molar-refractivity contribution in [3.05, 3.63) is 65.9 Å². The zero-order chi connectivity index (χ0) is 23.1. The van der Waals surface area contributed by atoms with Crippen LogP contribution in [0.2, 0.25) is 0 Å². The molecule has 0 aliphatic heterocycles. The molecule has 0 aliphatic carbocycles. The predicted octanol–water partition coefficient (Wildman–Crippen LogP) is 1.23. The summed E-state index contributed by atoms with van der Waals surface area (Å²) < 4.78 is 0. The number of aromatic nitrogens is 1. The fourth-order valence-corrected chi connectivity index (χ4v) is 3.69. The molecule has 0 bridgehead atoms. The van der Waals surface area contributed by atoms with Gasteiger partial charge in [-0.15, -0.1) is 0 Å². The molecular weight excluding hydrogens is 408 g/mol. The molecule has 0 fully saturated rings. The number of phenolic OH excluding ortho intramolecular Hbond substituents is 1. The van der Waals surface area contributed by atoms with Gasteiger partial charge in [-0.2, -0.15) is 0 Å². The molecule has 3 aromatic rings. The van der Waals surface area contributed by atoms with E-state index in [-0.39, 0.29) is 17.7 Å². The Kier molecular flexibility index (Phi) is 7.86. The minimum absolute atomic E-state index is 0.181. The number of nitrogens with one attached hydrogen (secondary N) is 4. The van der Waals surface area contributed by atoms with Crippen LogP contribution in [0.15, 0.2) is 54.7 Å². The van der Waals surface area contributed by atoms with Crippen LogP contribution in [0, 0.1) is 0 Å². The molecule has 0 aliphatic rings. The molecule has 8 nitrogen and oxygen atoms in total. The number of aromatic hydroxyl groups is 1. The Morgan fingerprint density at radius 1 is 0.969 bits per heavy atom. The molecular formula is C24H30N4O4. The first-order valence-electron chi connectivity index (χ1n) is 10.6. The standard InChI is InChI=1S/C24H30N4O4/c1-15(11-16-7-9-18(30)10-8-16)27-24(32)22(14-29)28-23(31)21(25-2)12-17-13-26-20-6-4-3-5-19(17)20/h3-10,13,15,21-22,25-26,29-30H,11-12,14H2,1-2H3,(H,27,32)(H,28,31). The monoisotopic (exact) mass is 438 g/mol. The second-order valence-electron chi connectivity index (χ2n) is 7.93. The predicted molar refractivity (Wildman–Crippen MR) is 123 cm³/mol. The van der Waals surface area contributed by atoms with E-state index in [0.717, 1.165) is 22.0 Å². The van der Waals surface area contributed by atoms with E-state index in [1.54, 1.807) is 31.3 Å². The Hall–Kier alpha value is -3.36. The van der Waals surface area contributed by atoms with Gasteiger partial charge in [-0.25, -0.2) is 0 Å². The summed E-state index contributed by atoms with van der Waals surface area (Å²) in [6.45, 7) is 1.33. The van der Waals surface area contributed by atoms with Gasteiger partial charge in [0.15, 0.2) is 0 Å². The van der Waals surface area contributed by atoms with Crippen LogP contribution in [0.3, 0.4) is 0 Å². The molecule has 6 N–H and O–H groups in total. The number of aromatic amines is 1. The van der Waals surface area contributed by atoms with Crippen molar-refractivity contribution in [3.8, 4) is 5.75 Å². The number of hydrogen-bond donors (Lipinski definition) is 6. The van der Waals surface area contributed by atoms with E-state index >= 15 is 0 Å². The van der Waals surface area contributed by atoms with Gasteiger partial charge in [0, 0.05) is 23.1 Å². The van der Waals surface area contributed by atoms with E-state index in [9.17, 15) is 19.8 Å². The van der Waals surface area contributed by atoms with Crippen LogP contribution in [0.4, 0.5) is 0 Å². The van der Waals surface area contributed by atoms with E-state index < -0.39 is 24.6 Å². The number of amides is 2. The maximum Gasteiger partial charge on any atom is 0.245 e. The van der Waals surface area contributed by atoms with Gasteiger partial charge in [0.05, 0.1) is 12.6 Å². The molecule has 170 valence electrons. The fraction of sp³-hybridized carbons (Fsp3) is 0.333. The second-order valence-corrected chi connectivity index (χ2v) is 7.93. The van der Waals surface area contributed by atoms with E-state index in [1.807, 2.05) is 37.4 Å². The summed E-state index contributed by atoms with van der Waals surface area (Å²) in [5, 5.41) is 28.6. The molecule has 0 spiro atoms. The van der Waals surface area contributed by atoms with Crippen LogP contribution >= 0.6 is 0 Å². The second kappa shape index (κ2) is 10.8. The van der Waals surface area contributed by atoms with Gasteiger partial charge in [-0.3, -0.25) is 9.59 Å². The third-order valence-corrected chi connectivity index (χ3v) is 5.45. The van der Waals surface area contributed by atoms with E-state index in [1.165, 1.54) is 0 Å². The number of fused-ring (bicyclic) bond motifs is 1. The maximum absolute atomic E-state index is 12.8. The number of hydrogen-bond acceptors (Lipinski definition) is 5. The number of H-pyrrole nitrogens is 1. The summed E-state index contributed by atoms with van der Waals surface area (Å²) in [4.78, 5) is 28.6. The van der Waals surface area contributed by atoms with Crippen molar-refractivity contribution in [1.29, 1.82) is 0 Å². The Bertz CT molecular complexity index is 1050. The SMILES string of the molecule is CNC(Cc1c[nH]c2ccccc12)C(=O)NC(CO)C(=O)NC(C)Cc1ccc(O)cc1. The fourth-order valence-electron chi connectivity index (χ4n) is 3.69. The van der Waals surface area contributed by atoms with Crippen molar-refractivity contribution >= 4 is 22.7 Å². The number of para-hydroxylation sites is 1. The lowest BCUT2D eigenvalue weighted by atomic mass is 10.0. The average molecular weight is 439 g/mol. The molecule has 3 unspecified atom stereocenters. The summed E-state index contributed by atoms with van der Waals surface area (Å²) in [6.07, 6.45) is 2.87. The highest BCUT2D eigenvalue weighted by Gasteiger charge is 2.26. The highest BCUT2D eigenvalue weighted by atomic mass is 16.3. The topological polar surface area (TPSA) is 126 Å². The van der Waals surface area contributed by atoms with Gasteiger partial charge < -0.3 is 31.1 Å². The van der Waals surface area contributed by atoms with E-state index in [0.29, 0.717) is 12.8 Å². The Morgan fingerprint density at radius 2 is 1.66 bits per heavy atom. The molecule has 1 heterocycles. The van der Waals surface area contributed by atoms with Crippen molar-refractivity contribution in [2.24, 2.45) is 0 Å². The van der Waals surface area contributed by atoms with Crippen LogP contribution in [0.5, 0.6) is 5.75 Å².